The summed E-state index contributed by atoms with van der Waals surface area (Å²) in [5, 5.41) is 13.3. The first kappa shape index (κ1) is 15.2. The monoisotopic (exact) mass is 315 g/mol. The van der Waals surface area contributed by atoms with Gasteiger partial charge in [0.1, 0.15) is 18.7 Å². The van der Waals surface area contributed by atoms with Crippen molar-refractivity contribution in [2.45, 2.75) is 6.04 Å². The SMILES string of the molecule is CN1CCN(C(=O)c2ccccc2-n2cncn2)C[C@H]1C(=O)O. The molecule has 23 heavy (non-hydrogen) atoms. The van der Waals surface area contributed by atoms with E-state index >= 15 is 0 Å². The molecular formula is C15H17N5O3. The molecule has 1 fully saturated rings. The number of rotatable bonds is 3. The molecule has 120 valence electrons. The maximum atomic E-state index is 12.8. The number of carbonyl (C=O) groups is 2. The molecule has 0 radical (unpaired) electrons. The lowest BCUT2D eigenvalue weighted by Crippen LogP contribution is -2.56. The summed E-state index contributed by atoms with van der Waals surface area (Å²) in [4.78, 5) is 31.4. The molecule has 3 rings (SSSR count). The number of carbonyl (C=O) groups excluding carboxylic acids is 1. The van der Waals surface area contributed by atoms with Crippen LogP contribution in [0.15, 0.2) is 36.9 Å². The van der Waals surface area contributed by atoms with Crippen LogP contribution in [0.1, 0.15) is 10.4 Å². The Balaban J connectivity index is 1.88. The minimum Gasteiger partial charge on any atom is -0.480 e. The molecule has 0 bridgehead atoms. The lowest BCUT2D eigenvalue weighted by molar-refractivity contribution is -0.144. The molecule has 2 heterocycles. The van der Waals surface area contributed by atoms with Crippen molar-refractivity contribution < 1.29 is 14.7 Å². The number of aromatic nitrogens is 3. The van der Waals surface area contributed by atoms with E-state index in [-0.39, 0.29) is 12.5 Å². The number of piperazine rings is 1. The van der Waals surface area contributed by atoms with Crippen LogP contribution in [0.2, 0.25) is 0 Å². The number of nitrogens with zero attached hydrogens (tertiary/aromatic N) is 5. The number of carboxylic acid groups (broad SMARTS) is 1. The average Bonchev–Trinajstić information content (AvgIpc) is 3.08. The van der Waals surface area contributed by atoms with Gasteiger partial charge in [-0.25, -0.2) is 9.67 Å². The summed E-state index contributed by atoms with van der Waals surface area (Å²) >= 11 is 0. The second kappa shape index (κ2) is 6.17. The Bertz CT molecular complexity index is 716. The van der Waals surface area contributed by atoms with Crippen LogP contribution >= 0.6 is 0 Å². The lowest BCUT2D eigenvalue weighted by atomic mass is 10.1. The number of carboxylic acids is 1. The highest BCUT2D eigenvalue weighted by Gasteiger charge is 2.33. The van der Waals surface area contributed by atoms with Crippen molar-refractivity contribution in [3.8, 4) is 5.69 Å². The molecule has 0 spiro atoms. The third-order valence-electron chi connectivity index (χ3n) is 4.02. The highest BCUT2D eigenvalue weighted by atomic mass is 16.4. The van der Waals surface area contributed by atoms with Crippen LogP contribution in [0.25, 0.3) is 5.69 Å². The fourth-order valence-electron chi connectivity index (χ4n) is 2.68. The van der Waals surface area contributed by atoms with Gasteiger partial charge in [-0.3, -0.25) is 14.5 Å². The van der Waals surface area contributed by atoms with E-state index in [1.807, 2.05) is 6.07 Å². The van der Waals surface area contributed by atoms with Gasteiger partial charge in [0.05, 0.1) is 11.3 Å². The molecule has 8 heteroatoms. The van der Waals surface area contributed by atoms with Crippen LogP contribution in [0.3, 0.4) is 0 Å². The van der Waals surface area contributed by atoms with Gasteiger partial charge >= 0.3 is 5.97 Å². The van der Waals surface area contributed by atoms with E-state index in [0.717, 1.165) is 0 Å². The quantitative estimate of drug-likeness (QED) is 0.864. The Hall–Kier alpha value is -2.74. The molecule has 1 saturated heterocycles. The van der Waals surface area contributed by atoms with E-state index < -0.39 is 12.0 Å². The zero-order chi connectivity index (χ0) is 16.4. The number of para-hydroxylation sites is 1. The van der Waals surface area contributed by atoms with E-state index in [2.05, 4.69) is 10.1 Å². The molecule has 2 aromatic rings. The van der Waals surface area contributed by atoms with Gasteiger partial charge in [-0.05, 0) is 19.2 Å². The third kappa shape index (κ3) is 2.93. The van der Waals surface area contributed by atoms with Crippen LogP contribution < -0.4 is 0 Å². The molecular weight excluding hydrogens is 298 g/mol. The van der Waals surface area contributed by atoms with Gasteiger partial charge in [0, 0.05) is 19.6 Å². The minimum absolute atomic E-state index is 0.163. The van der Waals surface area contributed by atoms with Crippen molar-refractivity contribution in [1.82, 2.24) is 24.6 Å². The molecule has 1 amide bonds. The number of aliphatic carboxylic acids is 1. The first-order chi connectivity index (χ1) is 11.1. The van der Waals surface area contributed by atoms with Crippen molar-refractivity contribution >= 4 is 11.9 Å². The van der Waals surface area contributed by atoms with Crippen molar-refractivity contribution in [1.29, 1.82) is 0 Å². The van der Waals surface area contributed by atoms with Crippen molar-refractivity contribution in [2.75, 3.05) is 26.7 Å². The summed E-state index contributed by atoms with van der Waals surface area (Å²) in [5.41, 5.74) is 1.10. The first-order valence-electron chi connectivity index (χ1n) is 7.24. The van der Waals surface area contributed by atoms with Gasteiger partial charge < -0.3 is 10.0 Å². The van der Waals surface area contributed by atoms with Crippen molar-refractivity contribution in [3.63, 3.8) is 0 Å². The normalized spacial score (nSPS) is 18.8. The highest BCUT2D eigenvalue weighted by molar-refractivity contribution is 5.98. The Morgan fingerprint density at radius 1 is 1.26 bits per heavy atom. The number of amides is 1. The summed E-state index contributed by atoms with van der Waals surface area (Å²) in [7, 11) is 1.75. The standard InChI is InChI=1S/C15H17N5O3/c1-18-6-7-19(8-13(18)15(22)23)14(21)11-4-2-3-5-12(11)20-10-16-9-17-20/h2-5,9-10,13H,6-8H2,1H3,(H,22,23)/t13-/m0/s1. The molecule has 0 unspecified atom stereocenters. The van der Waals surface area contributed by atoms with Crippen LogP contribution in [-0.4, -0.2) is 74.3 Å². The van der Waals surface area contributed by atoms with E-state index in [4.69, 9.17) is 0 Å². The van der Waals surface area contributed by atoms with Gasteiger partial charge in [-0.2, -0.15) is 5.10 Å². The Morgan fingerprint density at radius 2 is 2.04 bits per heavy atom. The van der Waals surface area contributed by atoms with Gasteiger partial charge in [0.2, 0.25) is 0 Å². The zero-order valence-corrected chi connectivity index (χ0v) is 12.7. The Kier molecular flexibility index (Phi) is 4.07. The van der Waals surface area contributed by atoms with E-state index in [0.29, 0.717) is 24.3 Å². The molecule has 1 atom stereocenters. The number of benzene rings is 1. The van der Waals surface area contributed by atoms with Gasteiger partial charge in [-0.1, -0.05) is 12.1 Å². The predicted octanol–water partition coefficient (Wildman–Crippen LogP) is 0.108. The summed E-state index contributed by atoms with van der Waals surface area (Å²) in [5.74, 6) is -1.12. The van der Waals surface area contributed by atoms with Crippen LogP contribution in [0.5, 0.6) is 0 Å². The maximum absolute atomic E-state index is 12.8. The molecule has 1 N–H and O–H groups in total. The predicted molar refractivity (Wildman–Crippen MR) is 81.3 cm³/mol. The summed E-state index contributed by atoms with van der Waals surface area (Å²) in [6.07, 6.45) is 2.92. The second-order valence-electron chi connectivity index (χ2n) is 5.44. The zero-order valence-electron chi connectivity index (χ0n) is 12.7. The minimum atomic E-state index is -0.922. The molecule has 1 aromatic heterocycles. The van der Waals surface area contributed by atoms with Crippen molar-refractivity contribution in [2.24, 2.45) is 0 Å². The Labute approximate surface area is 133 Å². The van der Waals surface area contributed by atoms with E-state index in [9.17, 15) is 14.7 Å². The van der Waals surface area contributed by atoms with Gasteiger partial charge in [0.15, 0.2) is 0 Å². The van der Waals surface area contributed by atoms with Gasteiger partial charge in [-0.15, -0.1) is 0 Å². The number of hydrogen-bond acceptors (Lipinski definition) is 5. The van der Waals surface area contributed by atoms with Crippen LogP contribution in [-0.2, 0) is 4.79 Å². The first-order valence-corrected chi connectivity index (χ1v) is 7.24. The van der Waals surface area contributed by atoms with Crippen molar-refractivity contribution in [3.05, 3.63) is 42.5 Å². The summed E-state index contributed by atoms with van der Waals surface area (Å²) in [6.45, 7) is 1.18. The van der Waals surface area contributed by atoms with Crippen LogP contribution in [0.4, 0.5) is 0 Å². The highest BCUT2D eigenvalue weighted by Crippen LogP contribution is 2.18. The molecule has 8 nitrogen and oxygen atoms in total. The van der Waals surface area contributed by atoms with Crippen LogP contribution in [0, 0.1) is 0 Å². The summed E-state index contributed by atoms with van der Waals surface area (Å²) < 4.78 is 1.53. The molecule has 1 aliphatic heterocycles. The molecule has 0 aliphatic carbocycles. The fraction of sp³-hybridized carbons (Fsp3) is 0.333. The number of hydrogen-bond donors (Lipinski definition) is 1. The number of likely N-dealkylation sites (N-methyl/N-ethyl adjacent to an activating group) is 1. The van der Waals surface area contributed by atoms with E-state index in [1.54, 1.807) is 35.0 Å². The molecule has 1 aromatic carbocycles. The third-order valence-corrected chi connectivity index (χ3v) is 4.02. The summed E-state index contributed by atoms with van der Waals surface area (Å²) in [6, 6.07) is 6.40. The lowest BCUT2D eigenvalue weighted by Gasteiger charge is -2.37. The Morgan fingerprint density at radius 3 is 2.74 bits per heavy atom. The molecule has 0 saturated carbocycles. The molecule has 1 aliphatic rings. The van der Waals surface area contributed by atoms with E-state index in [1.165, 1.54) is 17.3 Å². The largest absolute Gasteiger partial charge is 0.480 e. The smallest absolute Gasteiger partial charge is 0.322 e. The second-order valence-corrected chi connectivity index (χ2v) is 5.44. The van der Waals surface area contributed by atoms with Gasteiger partial charge in [0.25, 0.3) is 5.91 Å². The maximum Gasteiger partial charge on any atom is 0.322 e. The topological polar surface area (TPSA) is 91.6 Å². The fourth-order valence-corrected chi connectivity index (χ4v) is 2.68. The average molecular weight is 315 g/mol.